The normalized spacial score (nSPS) is 12.9. The second-order valence-electron chi connectivity index (χ2n) is 5.53. The van der Waals surface area contributed by atoms with Gasteiger partial charge in [0.15, 0.2) is 15.4 Å². The first kappa shape index (κ1) is 16.2. The van der Waals surface area contributed by atoms with Crippen LogP contribution in [0.15, 0.2) is 52.9 Å². The maximum atomic E-state index is 11.9. The molecule has 1 amide bonds. The molecule has 124 valence electrons. The lowest BCUT2D eigenvalue weighted by Gasteiger charge is -2.10. The van der Waals surface area contributed by atoms with Gasteiger partial charge in [0.25, 0.3) is 0 Å². The number of para-hydroxylation sites is 2. The fourth-order valence-corrected chi connectivity index (χ4v) is 2.58. The van der Waals surface area contributed by atoms with Crippen LogP contribution < -0.4 is 5.32 Å². The van der Waals surface area contributed by atoms with Crippen molar-refractivity contribution in [3.05, 3.63) is 48.5 Å². The Morgan fingerprint density at radius 2 is 1.79 bits per heavy atom. The van der Waals surface area contributed by atoms with E-state index in [0.29, 0.717) is 17.2 Å². The van der Waals surface area contributed by atoms with Crippen LogP contribution in [0.25, 0.3) is 22.6 Å². The van der Waals surface area contributed by atoms with Gasteiger partial charge in [-0.15, -0.1) is 0 Å². The Bertz CT molecular complexity index is 958. The number of amides is 1. The average molecular weight is 344 g/mol. The van der Waals surface area contributed by atoms with Crippen molar-refractivity contribution < 1.29 is 17.6 Å². The standard InChI is InChI=1S/C17H16N2O4S/c1-11(24(2,21)22)16(20)18-13-9-7-12(8-10-13)17-19-14-5-3-4-6-15(14)23-17/h3-11H,1-2H3,(H,18,20). The van der Waals surface area contributed by atoms with Crippen LogP contribution in [-0.4, -0.2) is 30.8 Å². The van der Waals surface area contributed by atoms with E-state index in [9.17, 15) is 13.2 Å². The summed E-state index contributed by atoms with van der Waals surface area (Å²) in [7, 11) is -3.43. The molecule has 24 heavy (non-hydrogen) atoms. The highest BCUT2D eigenvalue weighted by Crippen LogP contribution is 2.25. The third-order valence-electron chi connectivity index (χ3n) is 3.70. The van der Waals surface area contributed by atoms with E-state index in [1.54, 1.807) is 24.3 Å². The van der Waals surface area contributed by atoms with Gasteiger partial charge in [-0.1, -0.05) is 12.1 Å². The number of aromatic nitrogens is 1. The Hall–Kier alpha value is -2.67. The van der Waals surface area contributed by atoms with Gasteiger partial charge in [-0.05, 0) is 43.3 Å². The van der Waals surface area contributed by atoms with Crippen LogP contribution >= 0.6 is 0 Å². The van der Waals surface area contributed by atoms with Gasteiger partial charge in [0.2, 0.25) is 11.8 Å². The molecule has 1 aromatic heterocycles. The van der Waals surface area contributed by atoms with Gasteiger partial charge in [-0.2, -0.15) is 0 Å². The summed E-state index contributed by atoms with van der Waals surface area (Å²) in [5, 5.41) is 1.48. The van der Waals surface area contributed by atoms with Crippen LogP contribution in [0.3, 0.4) is 0 Å². The molecule has 3 aromatic rings. The highest BCUT2D eigenvalue weighted by Gasteiger charge is 2.23. The molecule has 3 rings (SSSR count). The minimum absolute atomic E-state index is 0.485. The Morgan fingerprint density at radius 1 is 1.12 bits per heavy atom. The number of nitrogens with zero attached hydrogens (tertiary/aromatic N) is 1. The summed E-state index contributed by atoms with van der Waals surface area (Å²) in [5.74, 6) is -0.0781. The van der Waals surface area contributed by atoms with E-state index in [2.05, 4.69) is 10.3 Å². The SMILES string of the molecule is CC(C(=O)Nc1ccc(-c2nc3ccccc3o2)cc1)S(C)(=O)=O. The van der Waals surface area contributed by atoms with Crippen molar-refractivity contribution in [2.75, 3.05) is 11.6 Å². The van der Waals surface area contributed by atoms with E-state index in [-0.39, 0.29) is 0 Å². The van der Waals surface area contributed by atoms with Crippen molar-refractivity contribution in [2.45, 2.75) is 12.2 Å². The molecule has 0 aliphatic heterocycles. The number of anilines is 1. The molecule has 1 atom stereocenters. The van der Waals surface area contributed by atoms with E-state index in [4.69, 9.17) is 4.42 Å². The number of sulfone groups is 1. The van der Waals surface area contributed by atoms with Crippen LogP contribution in [-0.2, 0) is 14.6 Å². The van der Waals surface area contributed by atoms with E-state index in [1.165, 1.54) is 6.92 Å². The molecule has 0 saturated carbocycles. The summed E-state index contributed by atoms with van der Waals surface area (Å²) in [5.41, 5.74) is 2.74. The van der Waals surface area contributed by atoms with Crippen molar-refractivity contribution in [1.29, 1.82) is 0 Å². The molecule has 0 aliphatic carbocycles. The van der Waals surface area contributed by atoms with Crippen LogP contribution in [0.1, 0.15) is 6.92 Å². The topological polar surface area (TPSA) is 89.3 Å². The quantitative estimate of drug-likeness (QED) is 0.786. The van der Waals surface area contributed by atoms with Crippen LogP contribution in [0.2, 0.25) is 0 Å². The minimum atomic E-state index is -3.43. The molecule has 0 radical (unpaired) electrons. The smallest absolute Gasteiger partial charge is 0.242 e. The fourth-order valence-electron chi connectivity index (χ4n) is 2.13. The zero-order valence-corrected chi connectivity index (χ0v) is 14.0. The zero-order valence-electron chi connectivity index (χ0n) is 13.2. The number of nitrogens with one attached hydrogen (secondary N) is 1. The average Bonchev–Trinajstić information content (AvgIpc) is 2.98. The fraction of sp³-hybridized carbons (Fsp3) is 0.176. The third kappa shape index (κ3) is 3.30. The molecule has 1 heterocycles. The summed E-state index contributed by atoms with van der Waals surface area (Å²) in [6.07, 6.45) is 1.04. The van der Waals surface area contributed by atoms with Crippen molar-refractivity contribution >= 4 is 32.5 Å². The Labute approximate surface area is 139 Å². The lowest BCUT2D eigenvalue weighted by molar-refractivity contribution is -0.115. The second kappa shape index (κ2) is 6.09. The van der Waals surface area contributed by atoms with Crippen molar-refractivity contribution in [1.82, 2.24) is 4.98 Å². The van der Waals surface area contributed by atoms with Crippen molar-refractivity contribution in [3.63, 3.8) is 0 Å². The predicted octanol–water partition coefficient (Wildman–Crippen LogP) is 2.87. The number of rotatable bonds is 4. The highest BCUT2D eigenvalue weighted by molar-refractivity contribution is 7.92. The predicted molar refractivity (Wildman–Crippen MR) is 92.4 cm³/mol. The first-order valence-electron chi connectivity index (χ1n) is 7.30. The van der Waals surface area contributed by atoms with Gasteiger partial charge in [0.05, 0.1) is 0 Å². The van der Waals surface area contributed by atoms with Gasteiger partial charge in [0.1, 0.15) is 10.8 Å². The number of hydrogen-bond donors (Lipinski definition) is 1. The first-order chi connectivity index (χ1) is 11.3. The summed E-state index contributed by atoms with van der Waals surface area (Å²) in [6, 6.07) is 14.3. The van der Waals surface area contributed by atoms with E-state index >= 15 is 0 Å². The number of benzene rings is 2. The molecular weight excluding hydrogens is 328 g/mol. The van der Waals surface area contributed by atoms with E-state index in [1.807, 2.05) is 24.3 Å². The number of oxazole rings is 1. The third-order valence-corrected chi connectivity index (χ3v) is 5.20. The molecular formula is C17H16N2O4S. The summed E-state index contributed by atoms with van der Waals surface area (Å²) >= 11 is 0. The number of hydrogen-bond acceptors (Lipinski definition) is 5. The second-order valence-corrected chi connectivity index (χ2v) is 7.89. The molecule has 6 nitrogen and oxygen atoms in total. The van der Waals surface area contributed by atoms with E-state index < -0.39 is 21.0 Å². The lowest BCUT2D eigenvalue weighted by atomic mass is 10.2. The van der Waals surface area contributed by atoms with E-state index in [0.717, 1.165) is 17.3 Å². The molecule has 1 N–H and O–H groups in total. The largest absolute Gasteiger partial charge is 0.436 e. The summed E-state index contributed by atoms with van der Waals surface area (Å²) in [4.78, 5) is 16.3. The van der Waals surface area contributed by atoms with Crippen LogP contribution in [0.5, 0.6) is 0 Å². The van der Waals surface area contributed by atoms with Gasteiger partial charge >= 0.3 is 0 Å². The summed E-state index contributed by atoms with van der Waals surface area (Å²) < 4.78 is 28.5. The molecule has 0 bridgehead atoms. The van der Waals surface area contributed by atoms with Gasteiger partial charge < -0.3 is 9.73 Å². The number of carbonyl (C=O) groups excluding carboxylic acids is 1. The maximum Gasteiger partial charge on any atom is 0.242 e. The molecule has 0 spiro atoms. The maximum absolute atomic E-state index is 11.9. The molecule has 7 heteroatoms. The number of fused-ring (bicyclic) bond motifs is 1. The zero-order chi connectivity index (χ0) is 17.3. The molecule has 0 aliphatic rings. The Morgan fingerprint density at radius 3 is 2.42 bits per heavy atom. The molecule has 1 unspecified atom stereocenters. The first-order valence-corrected chi connectivity index (χ1v) is 9.26. The van der Waals surface area contributed by atoms with Crippen molar-refractivity contribution in [3.8, 4) is 11.5 Å². The Kier molecular flexibility index (Phi) is 4.11. The lowest BCUT2D eigenvalue weighted by Crippen LogP contribution is -2.31. The molecule has 2 aromatic carbocycles. The molecule has 0 fully saturated rings. The van der Waals surface area contributed by atoms with Crippen molar-refractivity contribution in [2.24, 2.45) is 0 Å². The van der Waals surface area contributed by atoms with Gasteiger partial charge in [-0.3, -0.25) is 4.79 Å². The monoisotopic (exact) mass is 344 g/mol. The summed E-state index contributed by atoms with van der Waals surface area (Å²) in [6.45, 7) is 1.36. The van der Waals surface area contributed by atoms with Crippen LogP contribution in [0, 0.1) is 0 Å². The molecule has 0 saturated heterocycles. The van der Waals surface area contributed by atoms with Gasteiger partial charge in [0, 0.05) is 17.5 Å². The minimum Gasteiger partial charge on any atom is -0.436 e. The highest BCUT2D eigenvalue weighted by atomic mass is 32.2. The Balaban J connectivity index is 1.79. The number of carbonyl (C=O) groups is 1. The van der Waals surface area contributed by atoms with Gasteiger partial charge in [-0.25, -0.2) is 13.4 Å². The van der Waals surface area contributed by atoms with Crippen LogP contribution in [0.4, 0.5) is 5.69 Å².